The van der Waals surface area contributed by atoms with Crippen molar-refractivity contribution < 1.29 is 76.9 Å². The zero-order valence-electron chi connectivity index (χ0n) is 32.7. The van der Waals surface area contributed by atoms with Crippen LogP contribution in [0.25, 0.3) is 0 Å². The number of hydrogen-bond donors (Lipinski definition) is 8. The average molecular weight is 836 g/mol. The topological polar surface area (TPSA) is 282 Å². The molecule has 0 aromatic heterocycles. The molecule has 326 valence electrons. The number of esters is 2. The van der Waals surface area contributed by atoms with Gasteiger partial charge in [0, 0.05) is 12.8 Å². The molecule has 19 heteroatoms. The van der Waals surface area contributed by atoms with Crippen LogP contribution >= 0.6 is 15.6 Å². The van der Waals surface area contributed by atoms with Gasteiger partial charge < -0.3 is 50.3 Å². The lowest BCUT2D eigenvalue weighted by atomic mass is 9.85. The van der Waals surface area contributed by atoms with Crippen LogP contribution in [0, 0.1) is 0 Å². The molecule has 1 rings (SSSR count). The van der Waals surface area contributed by atoms with Crippen molar-refractivity contribution in [3.63, 3.8) is 0 Å². The summed E-state index contributed by atoms with van der Waals surface area (Å²) in [6.45, 7) is 1.58. The number of rotatable bonds is 34. The molecule has 0 bridgehead atoms. The van der Waals surface area contributed by atoms with Gasteiger partial charge in [-0.25, -0.2) is 9.13 Å². The largest absolute Gasteiger partial charge is 0.472 e. The zero-order chi connectivity index (χ0) is 41.1. The second-order valence-electron chi connectivity index (χ2n) is 14.5. The normalized spacial score (nSPS) is 23.3. The van der Waals surface area contributed by atoms with Crippen LogP contribution in [-0.2, 0) is 41.8 Å². The molecule has 1 aliphatic carbocycles. The van der Waals surface area contributed by atoms with E-state index in [2.05, 4.69) is 11.4 Å². The lowest BCUT2D eigenvalue weighted by Crippen LogP contribution is -2.64. The van der Waals surface area contributed by atoms with Crippen molar-refractivity contribution in [2.24, 2.45) is 5.73 Å². The molecule has 55 heavy (non-hydrogen) atoms. The fourth-order valence-electron chi connectivity index (χ4n) is 6.33. The van der Waals surface area contributed by atoms with E-state index < -0.39 is 83.5 Å². The molecule has 0 amide bonds. The first-order valence-corrected chi connectivity index (χ1v) is 23.3. The van der Waals surface area contributed by atoms with Gasteiger partial charge in [0.05, 0.1) is 6.61 Å². The third-order valence-corrected chi connectivity index (χ3v) is 11.0. The van der Waals surface area contributed by atoms with Crippen LogP contribution < -0.4 is 5.73 Å². The van der Waals surface area contributed by atoms with Gasteiger partial charge in [-0.3, -0.25) is 23.2 Å². The number of ether oxygens (including phenoxy) is 2. The number of phosphoric acid groups is 2. The third-order valence-electron chi connectivity index (χ3n) is 9.53. The molecule has 1 saturated carbocycles. The Labute approximate surface area is 326 Å². The minimum atomic E-state index is -5.30. The number of nitrogens with two attached hydrogens (primary N) is 1. The van der Waals surface area contributed by atoms with E-state index in [0.717, 1.165) is 70.6 Å². The van der Waals surface area contributed by atoms with Crippen LogP contribution in [0.5, 0.6) is 0 Å². The summed E-state index contributed by atoms with van der Waals surface area (Å²) in [5.41, 5.74) is 5.51. The van der Waals surface area contributed by atoms with Gasteiger partial charge >= 0.3 is 27.6 Å². The Hall–Kier alpha value is -1.04. The Balaban J connectivity index is 2.64. The molecular weight excluding hydrogens is 764 g/mol. The monoisotopic (exact) mass is 835 g/mol. The molecule has 8 atom stereocenters. The van der Waals surface area contributed by atoms with Crippen molar-refractivity contribution >= 4 is 27.6 Å². The number of hydrogen-bond acceptors (Lipinski definition) is 14. The molecule has 4 unspecified atom stereocenters. The molecule has 1 fully saturated rings. The van der Waals surface area contributed by atoms with E-state index in [1.54, 1.807) is 0 Å². The summed E-state index contributed by atoms with van der Waals surface area (Å²) < 4.78 is 48.8. The van der Waals surface area contributed by atoms with Crippen LogP contribution in [-0.4, -0.2) is 110 Å². The molecule has 0 heterocycles. The van der Waals surface area contributed by atoms with E-state index >= 15 is 0 Å². The van der Waals surface area contributed by atoms with Gasteiger partial charge in [-0.05, 0) is 25.8 Å². The standard InChI is InChI=1S/C36H71NO16P2/c1-2-3-4-5-6-7-8-9-10-11-15-18-21-24-30(39)51-28(26-49-29(38)23-20-17-14-12-13-16-19-22-25-37)27-50-55(47,48)53-36-33(42)31(40)35(32(41)34(36)43)52-54(44,45)46/h28,31-36,40-43H,2-27,37H2,1H3,(H,47,48)(H2,44,45,46)/t28-,31-,32+,33+,34?,35?,36?/m1/s1. The predicted octanol–water partition coefficient (Wildman–Crippen LogP) is 4.83. The van der Waals surface area contributed by atoms with Gasteiger partial charge in [0.15, 0.2) is 6.10 Å². The number of unbranched alkanes of at least 4 members (excludes halogenated alkanes) is 19. The number of phosphoric ester groups is 2. The van der Waals surface area contributed by atoms with Gasteiger partial charge in [0.2, 0.25) is 0 Å². The van der Waals surface area contributed by atoms with E-state index in [1.807, 2.05) is 0 Å². The number of aliphatic hydroxyl groups excluding tert-OH is 4. The molecule has 17 nitrogen and oxygen atoms in total. The lowest BCUT2D eigenvalue weighted by molar-refractivity contribution is -0.216. The van der Waals surface area contributed by atoms with Crippen molar-refractivity contribution in [1.82, 2.24) is 0 Å². The second kappa shape index (κ2) is 30.1. The van der Waals surface area contributed by atoms with Crippen molar-refractivity contribution in [2.75, 3.05) is 19.8 Å². The van der Waals surface area contributed by atoms with Crippen LogP contribution in [0.4, 0.5) is 0 Å². The van der Waals surface area contributed by atoms with Gasteiger partial charge in [-0.2, -0.15) is 0 Å². The minimum absolute atomic E-state index is 0.0514. The van der Waals surface area contributed by atoms with E-state index in [1.165, 1.54) is 51.4 Å². The molecule has 0 aromatic carbocycles. The summed E-state index contributed by atoms with van der Waals surface area (Å²) in [6.07, 6.45) is 7.78. The predicted molar refractivity (Wildman–Crippen MR) is 203 cm³/mol. The average Bonchev–Trinajstić information content (AvgIpc) is 3.13. The highest BCUT2D eigenvalue weighted by Crippen LogP contribution is 2.48. The van der Waals surface area contributed by atoms with Gasteiger partial charge in [-0.15, -0.1) is 0 Å². The lowest BCUT2D eigenvalue weighted by Gasteiger charge is -2.43. The Morgan fingerprint density at radius 1 is 0.564 bits per heavy atom. The van der Waals surface area contributed by atoms with E-state index in [-0.39, 0.29) is 12.8 Å². The number of carbonyl (C=O) groups is 2. The Bertz CT molecular complexity index is 1100. The molecule has 1 aliphatic rings. The maximum Gasteiger partial charge on any atom is 0.472 e. The summed E-state index contributed by atoms with van der Waals surface area (Å²) in [7, 11) is -10.6. The molecule has 0 radical (unpaired) electrons. The van der Waals surface area contributed by atoms with Crippen LogP contribution in [0.15, 0.2) is 0 Å². The Morgan fingerprint density at radius 2 is 0.945 bits per heavy atom. The summed E-state index contributed by atoms with van der Waals surface area (Å²) in [4.78, 5) is 53.6. The summed E-state index contributed by atoms with van der Waals surface area (Å²) in [5.74, 6) is -1.21. The van der Waals surface area contributed by atoms with Crippen molar-refractivity contribution in [3.8, 4) is 0 Å². The molecule has 9 N–H and O–H groups in total. The van der Waals surface area contributed by atoms with Crippen LogP contribution in [0.1, 0.15) is 155 Å². The van der Waals surface area contributed by atoms with E-state index in [9.17, 15) is 44.0 Å². The Kier molecular flexibility index (Phi) is 28.4. The Morgan fingerprint density at radius 3 is 1.36 bits per heavy atom. The maximum absolute atomic E-state index is 12.9. The smallest absolute Gasteiger partial charge is 0.462 e. The van der Waals surface area contributed by atoms with Gasteiger partial charge in [0.1, 0.15) is 43.2 Å². The van der Waals surface area contributed by atoms with Crippen molar-refractivity contribution in [1.29, 1.82) is 0 Å². The van der Waals surface area contributed by atoms with Crippen molar-refractivity contribution in [3.05, 3.63) is 0 Å². The summed E-state index contributed by atoms with van der Waals surface area (Å²) in [6, 6.07) is 0. The van der Waals surface area contributed by atoms with Crippen molar-refractivity contribution in [2.45, 2.75) is 197 Å². The van der Waals surface area contributed by atoms with E-state index in [4.69, 9.17) is 34.0 Å². The molecule has 0 spiro atoms. The second-order valence-corrected chi connectivity index (χ2v) is 17.1. The quantitative estimate of drug-likeness (QED) is 0.0245. The first-order valence-electron chi connectivity index (χ1n) is 20.3. The fraction of sp³-hybridized carbons (Fsp3) is 0.944. The molecule has 0 saturated heterocycles. The van der Waals surface area contributed by atoms with Gasteiger partial charge in [-0.1, -0.05) is 122 Å². The van der Waals surface area contributed by atoms with E-state index in [0.29, 0.717) is 19.4 Å². The summed E-state index contributed by atoms with van der Waals surface area (Å²) >= 11 is 0. The first-order chi connectivity index (χ1) is 26.1. The molecule has 0 aliphatic heterocycles. The highest BCUT2D eigenvalue weighted by Gasteiger charge is 2.54. The van der Waals surface area contributed by atoms with Crippen LogP contribution in [0.3, 0.4) is 0 Å². The van der Waals surface area contributed by atoms with Crippen LogP contribution in [0.2, 0.25) is 0 Å². The highest BCUT2D eigenvalue weighted by atomic mass is 31.2. The SMILES string of the molecule is CCCCCCCCCCCCCCCC(=O)O[C@H](COC(=O)CCCCCCCCCCN)COP(=O)(O)OC1C(O)[C@H](O)C(OP(=O)(O)O)[C@H](O)[C@@H]1O. The zero-order valence-corrected chi connectivity index (χ0v) is 34.5. The third kappa shape index (κ3) is 25.1. The maximum atomic E-state index is 12.9. The molecule has 0 aromatic rings. The minimum Gasteiger partial charge on any atom is -0.462 e. The number of aliphatic hydroxyl groups is 4. The number of carbonyl (C=O) groups excluding carboxylic acids is 2. The summed E-state index contributed by atoms with van der Waals surface area (Å²) in [5, 5.41) is 41.2. The molecular formula is C36H71NO16P2. The fourth-order valence-corrected chi connectivity index (χ4v) is 7.87. The van der Waals surface area contributed by atoms with Gasteiger partial charge in [0.25, 0.3) is 0 Å². The highest BCUT2D eigenvalue weighted by molar-refractivity contribution is 7.47. The first kappa shape index (κ1) is 52.0.